The van der Waals surface area contributed by atoms with Crippen LogP contribution < -0.4 is 20.2 Å². The number of rotatable bonds is 5. The van der Waals surface area contributed by atoms with Crippen LogP contribution in [0.5, 0.6) is 0 Å². The molecular weight excluding hydrogens is 466 g/mol. The number of benzene rings is 1. The summed E-state index contributed by atoms with van der Waals surface area (Å²) in [5, 5.41) is 9.45. The Morgan fingerprint density at radius 1 is 1.18 bits per heavy atom. The van der Waals surface area contributed by atoms with Gasteiger partial charge in [-0.25, -0.2) is 4.99 Å². The molecule has 9 heteroatoms. The zero-order valence-electron chi connectivity index (χ0n) is 19.0. The van der Waals surface area contributed by atoms with E-state index in [4.69, 9.17) is 0 Å². The van der Waals surface area contributed by atoms with Crippen LogP contribution in [0.15, 0.2) is 75.1 Å². The van der Waals surface area contributed by atoms with Crippen LogP contribution in [0.3, 0.4) is 0 Å². The molecule has 5 rings (SSSR count). The van der Waals surface area contributed by atoms with E-state index in [0.717, 1.165) is 22.7 Å². The van der Waals surface area contributed by atoms with Crippen LogP contribution in [0.1, 0.15) is 36.0 Å². The predicted octanol–water partition coefficient (Wildman–Crippen LogP) is 3.46. The molecule has 7 nitrogen and oxygen atoms in total. The first-order valence-electron chi connectivity index (χ1n) is 10.9. The molecule has 4 aromatic rings. The quantitative estimate of drug-likeness (QED) is 0.466. The van der Waals surface area contributed by atoms with E-state index in [1.807, 2.05) is 79.5 Å². The fourth-order valence-electron chi connectivity index (χ4n) is 4.00. The molecule has 34 heavy (non-hydrogen) atoms. The van der Waals surface area contributed by atoms with Crippen LogP contribution in [0.25, 0.3) is 6.08 Å². The van der Waals surface area contributed by atoms with E-state index in [9.17, 15) is 9.59 Å². The van der Waals surface area contributed by atoms with Crippen LogP contribution in [0.2, 0.25) is 0 Å². The van der Waals surface area contributed by atoms with Gasteiger partial charge >= 0.3 is 0 Å². The Bertz CT molecular complexity index is 1590. The van der Waals surface area contributed by atoms with Crippen LogP contribution >= 0.6 is 22.7 Å². The van der Waals surface area contributed by atoms with E-state index in [1.165, 1.54) is 22.7 Å². The second kappa shape index (κ2) is 9.00. The molecule has 1 aromatic carbocycles. The number of fused-ring (bicyclic) bond motifs is 1. The molecule has 0 bridgehead atoms. The smallest absolute Gasteiger partial charge is 0.271 e. The van der Waals surface area contributed by atoms with Gasteiger partial charge in [-0.1, -0.05) is 35.6 Å². The van der Waals surface area contributed by atoms with Crippen molar-refractivity contribution in [1.82, 2.24) is 14.3 Å². The standard InChI is InChI=1S/C25H23N5O2S2/c1-4-29-12-11-17(28-29)14-20-24(32)30-22(19-10-7-13-33-19)21(16(3)26-25(30)34-20)23(31)27-18-9-6-5-8-15(18)2/h5-14,22H,4H2,1-3H3,(H,27,31). The summed E-state index contributed by atoms with van der Waals surface area (Å²) in [6.07, 6.45) is 3.67. The minimum absolute atomic E-state index is 0.179. The fourth-order valence-corrected chi connectivity index (χ4v) is 5.85. The molecule has 1 N–H and O–H groups in total. The molecular formula is C25H23N5O2S2. The average molecular weight is 490 g/mol. The second-order valence-electron chi connectivity index (χ2n) is 7.96. The second-order valence-corrected chi connectivity index (χ2v) is 9.95. The maximum absolute atomic E-state index is 13.6. The Morgan fingerprint density at radius 3 is 2.71 bits per heavy atom. The Morgan fingerprint density at radius 2 is 2.00 bits per heavy atom. The van der Waals surface area contributed by atoms with Gasteiger partial charge in [0.1, 0.15) is 6.04 Å². The summed E-state index contributed by atoms with van der Waals surface area (Å²) in [6.45, 7) is 6.54. The van der Waals surface area contributed by atoms with Crippen molar-refractivity contribution in [2.24, 2.45) is 4.99 Å². The number of carbonyl (C=O) groups excluding carboxylic acids is 1. The molecule has 1 aliphatic heterocycles. The first-order valence-corrected chi connectivity index (χ1v) is 12.6. The third kappa shape index (κ3) is 3.97. The van der Waals surface area contributed by atoms with Gasteiger partial charge in [0, 0.05) is 23.3 Å². The average Bonchev–Trinajstić information content (AvgIpc) is 3.56. The molecule has 0 aliphatic carbocycles. The van der Waals surface area contributed by atoms with Gasteiger partial charge < -0.3 is 5.32 Å². The summed E-state index contributed by atoms with van der Waals surface area (Å²) < 4.78 is 3.99. The Balaban J connectivity index is 1.64. The van der Waals surface area contributed by atoms with Gasteiger partial charge in [-0.05, 0) is 56.0 Å². The van der Waals surface area contributed by atoms with Crippen molar-refractivity contribution in [3.63, 3.8) is 0 Å². The molecule has 1 atom stereocenters. The van der Waals surface area contributed by atoms with Crippen molar-refractivity contribution in [3.8, 4) is 0 Å². The number of nitrogens with one attached hydrogen (secondary N) is 1. The molecule has 0 radical (unpaired) electrons. The maximum atomic E-state index is 13.6. The topological polar surface area (TPSA) is 81.3 Å². The highest BCUT2D eigenvalue weighted by atomic mass is 32.1. The number of thiazole rings is 1. The van der Waals surface area contributed by atoms with Crippen LogP contribution in [-0.2, 0) is 11.3 Å². The minimum atomic E-state index is -0.546. The lowest BCUT2D eigenvalue weighted by atomic mass is 10.0. The Labute approximate surface area is 204 Å². The van der Waals surface area contributed by atoms with Crippen LogP contribution in [0.4, 0.5) is 5.69 Å². The monoisotopic (exact) mass is 489 g/mol. The van der Waals surface area contributed by atoms with Crippen molar-refractivity contribution < 1.29 is 4.79 Å². The number of nitrogens with zero attached hydrogens (tertiary/aromatic N) is 4. The number of carbonyl (C=O) groups is 1. The number of aryl methyl sites for hydroxylation is 2. The zero-order valence-corrected chi connectivity index (χ0v) is 20.6. The summed E-state index contributed by atoms with van der Waals surface area (Å²) in [5.41, 5.74) is 3.32. The summed E-state index contributed by atoms with van der Waals surface area (Å²) in [4.78, 5) is 33.3. The number of amides is 1. The first kappa shape index (κ1) is 22.2. The fraction of sp³-hybridized carbons (Fsp3) is 0.200. The Kier molecular flexibility index (Phi) is 5.89. The molecule has 0 fully saturated rings. The normalized spacial score (nSPS) is 15.9. The number of para-hydroxylation sites is 1. The molecule has 0 spiro atoms. The van der Waals surface area contributed by atoms with Crippen molar-refractivity contribution in [2.75, 3.05) is 5.32 Å². The third-order valence-corrected chi connectivity index (χ3v) is 7.64. The maximum Gasteiger partial charge on any atom is 0.271 e. The van der Waals surface area contributed by atoms with Crippen LogP contribution in [-0.4, -0.2) is 20.3 Å². The lowest BCUT2D eigenvalue weighted by molar-refractivity contribution is -0.113. The highest BCUT2D eigenvalue weighted by Crippen LogP contribution is 2.33. The van der Waals surface area contributed by atoms with Gasteiger partial charge in [0.15, 0.2) is 4.80 Å². The number of hydrogen-bond donors (Lipinski definition) is 1. The number of anilines is 1. The minimum Gasteiger partial charge on any atom is -0.322 e. The molecule has 0 saturated heterocycles. The highest BCUT2D eigenvalue weighted by molar-refractivity contribution is 7.10. The molecule has 1 unspecified atom stereocenters. The molecule has 0 saturated carbocycles. The molecule has 3 aromatic heterocycles. The van der Waals surface area contributed by atoms with E-state index in [2.05, 4.69) is 15.4 Å². The Hall–Kier alpha value is -3.56. The first-order chi connectivity index (χ1) is 16.5. The van der Waals surface area contributed by atoms with E-state index >= 15 is 0 Å². The molecule has 4 heterocycles. The van der Waals surface area contributed by atoms with E-state index in [-0.39, 0.29) is 11.5 Å². The van der Waals surface area contributed by atoms with Crippen molar-refractivity contribution in [1.29, 1.82) is 0 Å². The zero-order chi connectivity index (χ0) is 23.8. The van der Waals surface area contributed by atoms with Gasteiger partial charge in [-0.2, -0.15) is 5.10 Å². The van der Waals surface area contributed by atoms with Gasteiger partial charge in [0.05, 0.1) is 21.5 Å². The van der Waals surface area contributed by atoms with Gasteiger partial charge in [0.2, 0.25) is 0 Å². The van der Waals surface area contributed by atoms with Crippen molar-refractivity contribution in [2.45, 2.75) is 33.4 Å². The van der Waals surface area contributed by atoms with E-state index < -0.39 is 6.04 Å². The largest absolute Gasteiger partial charge is 0.322 e. The SMILES string of the molecule is CCn1ccc(C=c2sc3n(c2=O)C(c2cccs2)C(C(=O)Nc2ccccc2C)=C(C)N=3)n1. The van der Waals surface area contributed by atoms with Crippen LogP contribution in [0, 0.1) is 6.92 Å². The lowest BCUT2D eigenvalue weighted by Crippen LogP contribution is -2.40. The van der Waals surface area contributed by atoms with Crippen molar-refractivity contribution in [3.05, 3.63) is 101 Å². The van der Waals surface area contributed by atoms with E-state index in [0.29, 0.717) is 26.3 Å². The summed E-state index contributed by atoms with van der Waals surface area (Å²) >= 11 is 2.83. The van der Waals surface area contributed by atoms with E-state index in [1.54, 1.807) is 10.6 Å². The summed E-state index contributed by atoms with van der Waals surface area (Å²) in [7, 11) is 0. The number of aromatic nitrogens is 3. The number of thiophene rings is 1. The summed E-state index contributed by atoms with van der Waals surface area (Å²) in [6, 6.07) is 12.8. The van der Waals surface area contributed by atoms with Gasteiger partial charge in [0.25, 0.3) is 11.5 Å². The summed E-state index contributed by atoms with van der Waals surface area (Å²) in [5.74, 6) is -0.259. The third-order valence-electron chi connectivity index (χ3n) is 5.74. The molecule has 172 valence electrons. The predicted molar refractivity (Wildman–Crippen MR) is 136 cm³/mol. The molecule has 1 amide bonds. The number of hydrogen-bond acceptors (Lipinski definition) is 6. The molecule has 1 aliphatic rings. The van der Waals surface area contributed by atoms with Gasteiger partial charge in [-0.15, -0.1) is 11.3 Å². The number of allylic oxidation sites excluding steroid dienone is 1. The lowest BCUT2D eigenvalue weighted by Gasteiger charge is -2.24. The highest BCUT2D eigenvalue weighted by Gasteiger charge is 2.33. The van der Waals surface area contributed by atoms with Gasteiger partial charge in [-0.3, -0.25) is 18.8 Å². The van der Waals surface area contributed by atoms with Crippen molar-refractivity contribution >= 4 is 40.3 Å².